The number of esters is 1. The first kappa shape index (κ1) is 20.8. The highest BCUT2D eigenvalue weighted by Crippen LogP contribution is 2.23. The van der Waals surface area contributed by atoms with Crippen LogP contribution < -0.4 is 5.32 Å². The van der Waals surface area contributed by atoms with Gasteiger partial charge in [-0.1, -0.05) is 13.8 Å². The summed E-state index contributed by atoms with van der Waals surface area (Å²) in [5.74, 6) is -1.32. The van der Waals surface area contributed by atoms with Crippen molar-refractivity contribution in [1.29, 1.82) is 0 Å². The first-order valence-corrected chi connectivity index (χ1v) is 8.56. The molecule has 0 aromatic heterocycles. The molecule has 1 amide bonds. The number of rotatable bonds is 10. The molecule has 130 valence electrons. The number of hydrogen-bond acceptors (Lipinski definition) is 7. The molecule has 1 unspecified atom stereocenters. The second-order valence-corrected chi connectivity index (χ2v) is 7.26. The summed E-state index contributed by atoms with van der Waals surface area (Å²) < 4.78 is 32.9. The number of aliphatic hydroxyl groups is 1. The molecule has 0 aromatic carbocycles. The third-order valence-corrected chi connectivity index (χ3v) is 4.07. The lowest BCUT2D eigenvalue weighted by Crippen LogP contribution is -2.41. The molecule has 0 rings (SSSR count). The predicted molar refractivity (Wildman–Crippen MR) is 79.5 cm³/mol. The molecule has 8 nitrogen and oxygen atoms in total. The highest BCUT2D eigenvalue weighted by atomic mass is 32.2. The summed E-state index contributed by atoms with van der Waals surface area (Å²) in [7, 11) is -3.80. The largest absolute Gasteiger partial charge is 0.464 e. The van der Waals surface area contributed by atoms with Gasteiger partial charge in [-0.05, 0) is 13.3 Å². The minimum Gasteiger partial charge on any atom is -0.464 e. The summed E-state index contributed by atoms with van der Waals surface area (Å²) >= 11 is 0. The number of carbonyl (C=O) groups is 2. The summed E-state index contributed by atoms with van der Waals surface area (Å²) in [5, 5.41) is 12.3. The van der Waals surface area contributed by atoms with Crippen LogP contribution in [-0.2, 0) is 28.6 Å². The van der Waals surface area contributed by atoms with Crippen molar-refractivity contribution >= 4 is 22.0 Å². The summed E-state index contributed by atoms with van der Waals surface area (Å²) in [6.45, 7) is 5.94. The van der Waals surface area contributed by atoms with Gasteiger partial charge < -0.3 is 15.2 Å². The Labute approximate surface area is 131 Å². The highest BCUT2D eigenvalue weighted by molar-refractivity contribution is 7.86. The van der Waals surface area contributed by atoms with Gasteiger partial charge in [0.15, 0.2) is 6.10 Å². The number of hydrogen-bond donors (Lipinski definition) is 2. The van der Waals surface area contributed by atoms with Crippen LogP contribution in [0.1, 0.15) is 34.1 Å². The van der Waals surface area contributed by atoms with Crippen molar-refractivity contribution < 1.29 is 32.0 Å². The molecule has 0 bridgehead atoms. The molecule has 1 atom stereocenters. The molecular weight excluding hydrogens is 314 g/mol. The van der Waals surface area contributed by atoms with E-state index in [4.69, 9.17) is 4.18 Å². The quantitative estimate of drug-likeness (QED) is 0.321. The number of ether oxygens (including phenoxy) is 1. The van der Waals surface area contributed by atoms with Crippen molar-refractivity contribution in [2.75, 3.05) is 25.5 Å². The van der Waals surface area contributed by atoms with Crippen molar-refractivity contribution in [3.05, 3.63) is 0 Å². The average molecular weight is 339 g/mol. The van der Waals surface area contributed by atoms with Crippen LogP contribution in [0.3, 0.4) is 0 Å². The zero-order valence-electron chi connectivity index (χ0n) is 13.4. The standard InChI is InChI=1S/C13H25NO7S/c1-5-20-12(17)11(16)13(3,4)9-21-22(18,19)8-6-7-14-10(2)15/h11,16H,5-9H2,1-4H3,(H,14,15). The van der Waals surface area contributed by atoms with E-state index in [1.807, 2.05) is 0 Å². The van der Waals surface area contributed by atoms with Crippen molar-refractivity contribution in [3.63, 3.8) is 0 Å². The first-order chi connectivity index (χ1) is 10.0. The van der Waals surface area contributed by atoms with Gasteiger partial charge in [-0.2, -0.15) is 8.42 Å². The van der Waals surface area contributed by atoms with E-state index in [2.05, 4.69) is 10.1 Å². The van der Waals surface area contributed by atoms with Gasteiger partial charge in [0, 0.05) is 18.9 Å². The summed E-state index contributed by atoms with van der Waals surface area (Å²) in [5.41, 5.74) is -1.11. The molecule has 0 radical (unpaired) electrons. The molecular formula is C13H25NO7S. The van der Waals surface area contributed by atoms with Crippen molar-refractivity contribution in [3.8, 4) is 0 Å². The van der Waals surface area contributed by atoms with Crippen LogP contribution in [0.4, 0.5) is 0 Å². The van der Waals surface area contributed by atoms with Gasteiger partial charge in [0.2, 0.25) is 5.91 Å². The SMILES string of the molecule is CCOC(=O)C(O)C(C)(C)COS(=O)(=O)CCCNC(C)=O. The van der Waals surface area contributed by atoms with Crippen molar-refractivity contribution in [1.82, 2.24) is 5.32 Å². The Hall–Kier alpha value is -1.19. The van der Waals surface area contributed by atoms with Gasteiger partial charge in [-0.15, -0.1) is 0 Å². The maximum atomic E-state index is 11.7. The summed E-state index contributed by atoms with van der Waals surface area (Å²) in [4.78, 5) is 22.1. The monoisotopic (exact) mass is 339 g/mol. The Balaban J connectivity index is 4.38. The fourth-order valence-corrected chi connectivity index (χ4v) is 2.53. The summed E-state index contributed by atoms with van der Waals surface area (Å²) in [6.07, 6.45) is -1.27. The van der Waals surface area contributed by atoms with Gasteiger partial charge in [-0.25, -0.2) is 4.79 Å². The van der Waals surface area contributed by atoms with Crippen LogP contribution in [0.15, 0.2) is 0 Å². The molecule has 0 aliphatic rings. The number of aliphatic hydroxyl groups excluding tert-OH is 1. The van der Waals surface area contributed by atoms with Crippen LogP contribution >= 0.6 is 0 Å². The fraction of sp³-hybridized carbons (Fsp3) is 0.846. The van der Waals surface area contributed by atoms with Gasteiger partial charge >= 0.3 is 5.97 Å². The second kappa shape index (κ2) is 9.06. The Morgan fingerprint density at radius 3 is 2.41 bits per heavy atom. The molecule has 0 saturated carbocycles. The van der Waals surface area contributed by atoms with Crippen LogP contribution in [0.25, 0.3) is 0 Å². The van der Waals surface area contributed by atoms with Crippen molar-refractivity contribution in [2.45, 2.75) is 40.2 Å². The van der Waals surface area contributed by atoms with E-state index in [0.717, 1.165) is 0 Å². The van der Waals surface area contributed by atoms with E-state index in [1.165, 1.54) is 20.8 Å². The van der Waals surface area contributed by atoms with E-state index >= 15 is 0 Å². The molecule has 0 saturated heterocycles. The maximum Gasteiger partial charge on any atom is 0.335 e. The molecule has 0 aliphatic carbocycles. The van der Waals surface area contributed by atoms with Gasteiger partial charge in [0.25, 0.3) is 10.1 Å². The number of nitrogens with one attached hydrogen (secondary N) is 1. The van der Waals surface area contributed by atoms with Crippen LogP contribution in [0.2, 0.25) is 0 Å². The fourth-order valence-electron chi connectivity index (χ4n) is 1.43. The minimum absolute atomic E-state index is 0.119. The van der Waals surface area contributed by atoms with Gasteiger partial charge in [0.1, 0.15) is 0 Å². The lowest BCUT2D eigenvalue weighted by molar-refractivity contribution is -0.160. The topological polar surface area (TPSA) is 119 Å². The Bertz CT molecular complexity index is 473. The van der Waals surface area contributed by atoms with Crippen LogP contribution in [0, 0.1) is 5.41 Å². The maximum absolute atomic E-state index is 11.7. The molecule has 0 fully saturated rings. The average Bonchev–Trinajstić information content (AvgIpc) is 2.41. The highest BCUT2D eigenvalue weighted by Gasteiger charge is 2.36. The second-order valence-electron chi connectivity index (χ2n) is 5.50. The molecule has 0 aliphatic heterocycles. The smallest absolute Gasteiger partial charge is 0.335 e. The number of amides is 1. The minimum atomic E-state index is -3.80. The molecule has 22 heavy (non-hydrogen) atoms. The van der Waals surface area contributed by atoms with E-state index in [9.17, 15) is 23.1 Å². The van der Waals surface area contributed by atoms with E-state index in [0.29, 0.717) is 0 Å². The summed E-state index contributed by atoms with van der Waals surface area (Å²) in [6, 6.07) is 0. The van der Waals surface area contributed by atoms with E-state index < -0.39 is 27.6 Å². The third kappa shape index (κ3) is 8.30. The molecule has 2 N–H and O–H groups in total. The zero-order valence-corrected chi connectivity index (χ0v) is 14.2. The Kier molecular flexibility index (Phi) is 8.57. The Morgan fingerprint density at radius 2 is 1.91 bits per heavy atom. The van der Waals surface area contributed by atoms with Crippen LogP contribution in [-0.4, -0.2) is 57.0 Å². The normalized spacial score (nSPS) is 13.5. The van der Waals surface area contributed by atoms with Crippen molar-refractivity contribution in [2.24, 2.45) is 5.41 Å². The third-order valence-electron chi connectivity index (χ3n) is 2.81. The van der Waals surface area contributed by atoms with Crippen LogP contribution in [0.5, 0.6) is 0 Å². The Morgan fingerprint density at radius 1 is 1.32 bits per heavy atom. The first-order valence-electron chi connectivity index (χ1n) is 6.98. The molecule has 0 heterocycles. The lowest BCUT2D eigenvalue weighted by Gasteiger charge is -2.28. The van der Waals surface area contributed by atoms with E-state index in [1.54, 1.807) is 6.92 Å². The molecule has 0 spiro atoms. The number of carbonyl (C=O) groups excluding carboxylic acids is 2. The lowest BCUT2D eigenvalue weighted by atomic mass is 9.88. The molecule has 9 heteroatoms. The van der Waals surface area contributed by atoms with Gasteiger partial charge in [-0.3, -0.25) is 8.98 Å². The predicted octanol–water partition coefficient (Wildman–Crippen LogP) is -0.191. The van der Waals surface area contributed by atoms with E-state index in [-0.39, 0.29) is 37.8 Å². The molecule has 0 aromatic rings. The zero-order chi connectivity index (χ0) is 17.4. The van der Waals surface area contributed by atoms with Gasteiger partial charge in [0.05, 0.1) is 19.0 Å².